The lowest BCUT2D eigenvalue weighted by Gasteiger charge is -2.10. The molecule has 1 aliphatic carbocycles. The molecule has 0 amide bonds. The second-order valence-electron chi connectivity index (χ2n) is 4.33. The van der Waals surface area contributed by atoms with Gasteiger partial charge >= 0.3 is 0 Å². The van der Waals surface area contributed by atoms with Crippen molar-refractivity contribution in [3.05, 3.63) is 22.8 Å². The molecular weight excluding hydrogens is 300 g/mol. The largest absolute Gasteiger partial charge is 0.352 e. The van der Waals surface area contributed by atoms with Crippen LogP contribution in [0.15, 0.2) is 22.8 Å². The van der Waals surface area contributed by atoms with Gasteiger partial charge in [-0.3, -0.25) is 0 Å². The van der Waals surface area contributed by atoms with E-state index in [0.717, 1.165) is 16.7 Å². The zero-order valence-corrected chi connectivity index (χ0v) is 11.9. The second kappa shape index (κ2) is 4.17. The van der Waals surface area contributed by atoms with Gasteiger partial charge in [-0.1, -0.05) is 0 Å². The van der Waals surface area contributed by atoms with E-state index in [1.54, 1.807) is 4.52 Å². The quantitative estimate of drug-likeness (QED) is 0.942. The number of nitrogens with zero attached hydrogens (tertiary/aromatic N) is 3. The van der Waals surface area contributed by atoms with E-state index in [-0.39, 0.29) is 0 Å². The van der Waals surface area contributed by atoms with Crippen molar-refractivity contribution in [1.29, 1.82) is 0 Å². The van der Waals surface area contributed by atoms with Crippen LogP contribution in [0.5, 0.6) is 0 Å². The summed E-state index contributed by atoms with van der Waals surface area (Å²) in [7, 11) is 0. The third-order valence-corrected chi connectivity index (χ3v) is 4.99. The summed E-state index contributed by atoms with van der Waals surface area (Å²) < 4.78 is 3.22. The number of halogens is 1. The van der Waals surface area contributed by atoms with Crippen molar-refractivity contribution in [3.63, 3.8) is 0 Å². The predicted octanol–water partition coefficient (Wildman–Crippen LogP) is 2.80. The van der Waals surface area contributed by atoms with Gasteiger partial charge in [0.1, 0.15) is 0 Å². The molecular formula is C11H13BrN4S. The van der Waals surface area contributed by atoms with Gasteiger partial charge in [0.05, 0.1) is 0 Å². The molecule has 1 saturated carbocycles. The Hall–Kier alpha value is -0.750. The lowest BCUT2D eigenvalue weighted by Crippen LogP contribution is -2.18. The fourth-order valence-electron chi connectivity index (χ4n) is 1.77. The van der Waals surface area contributed by atoms with Gasteiger partial charge in [0.15, 0.2) is 5.65 Å². The van der Waals surface area contributed by atoms with E-state index >= 15 is 0 Å². The minimum atomic E-state index is 0.429. The molecule has 6 heteroatoms. The monoisotopic (exact) mass is 312 g/mol. The fraction of sp³-hybridized carbons (Fsp3) is 0.455. The van der Waals surface area contributed by atoms with Crippen molar-refractivity contribution in [3.8, 4) is 0 Å². The molecule has 1 N–H and O–H groups in total. The molecule has 1 fully saturated rings. The Bertz CT molecular complexity index is 549. The molecule has 3 rings (SSSR count). The van der Waals surface area contributed by atoms with E-state index < -0.39 is 0 Å². The highest BCUT2D eigenvalue weighted by atomic mass is 79.9. The highest BCUT2D eigenvalue weighted by Crippen LogP contribution is 2.46. The molecule has 0 aliphatic heterocycles. The van der Waals surface area contributed by atoms with Crippen molar-refractivity contribution in [2.45, 2.75) is 17.6 Å². The summed E-state index contributed by atoms with van der Waals surface area (Å²) in [6.07, 6.45) is 6.66. The van der Waals surface area contributed by atoms with Crippen LogP contribution in [-0.2, 0) is 0 Å². The fourth-order valence-corrected chi connectivity index (χ4v) is 2.82. The van der Waals surface area contributed by atoms with Crippen LogP contribution in [0.2, 0.25) is 0 Å². The normalized spacial score (nSPS) is 17.3. The molecule has 2 aromatic rings. The van der Waals surface area contributed by atoms with Gasteiger partial charge in [-0.2, -0.15) is 16.7 Å². The molecule has 0 atom stereocenters. The summed E-state index contributed by atoms with van der Waals surface area (Å²) in [6, 6.07) is 3.92. The average molecular weight is 313 g/mol. The molecule has 0 bridgehead atoms. The van der Waals surface area contributed by atoms with Crippen molar-refractivity contribution in [2.24, 2.45) is 0 Å². The Balaban J connectivity index is 1.77. The number of anilines is 1. The number of fused-ring (bicyclic) bond motifs is 1. The number of hydrogen-bond donors (Lipinski definition) is 1. The second-order valence-corrected chi connectivity index (χ2v) is 6.52. The van der Waals surface area contributed by atoms with Crippen LogP contribution in [-0.4, -0.2) is 32.1 Å². The maximum absolute atomic E-state index is 4.43. The molecule has 90 valence electrons. The Labute approximate surface area is 112 Å². The number of nitrogens with one attached hydrogen (secondary N) is 1. The van der Waals surface area contributed by atoms with Gasteiger partial charge in [-0.05, 0) is 47.2 Å². The molecule has 2 heterocycles. The van der Waals surface area contributed by atoms with Gasteiger partial charge in [-0.25, -0.2) is 4.52 Å². The van der Waals surface area contributed by atoms with E-state index in [1.165, 1.54) is 12.8 Å². The Morgan fingerprint density at radius 2 is 2.35 bits per heavy atom. The molecule has 17 heavy (non-hydrogen) atoms. The summed E-state index contributed by atoms with van der Waals surface area (Å²) in [5.41, 5.74) is 0.865. The third kappa shape index (κ3) is 2.28. The van der Waals surface area contributed by atoms with Gasteiger partial charge in [-0.15, -0.1) is 5.10 Å². The van der Waals surface area contributed by atoms with Crippen LogP contribution in [0.25, 0.3) is 5.65 Å². The summed E-state index contributed by atoms with van der Waals surface area (Å²) in [6.45, 7) is 0.951. The van der Waals surface area contributed by atoms with E-state index in [4.69, 9.17) is 0 Å². The van der Waals surface area contributed by atoms with Crippen molar-refractivity contribution < 1.29 is 0 Å². The maximum atomic E-state index is 4.43. The van der Waals surface area contributed by atoms with Crippen molar-refractivity contribution >= 4 is 39.3 Å². The lowest BCUT2D eigenvalue weighted by atomic mass is 10.4. The SMILES string of the molecule is CSC1(CNc2nc3ccc(Br)cn3n2)CC1. The summed E-state index contributed by atoms with van der Waals surface area (Å²) >= 11 is 5.36. The van der Waals surface area contributed by atoms with Gasteiger partial charge < -0.3 is 5.32 Å². The Kier molecular flexibility index (Phi) is 2.78. The zero-order valence-electron chi connectivity index (χ0n) is 9.48. The number of aromatic nitrogens is 3. The summed E-state index contributed by atoms with van der Waals surface area (Å²) in [4.78, 5) is 4.43. The van der Waals surface area contributed by atoms with Gasteiger partial charge in [0, 0.05) is 22.0 Å². The van der Waals surface area contributed by atoms with Crippen LogP contribution in [0.1, 0.15) is 12.8 Å². The lowest BCUT2D eigenvalue weighted by molar-refractivity contribution is 0.907. The molecule has 0 aromatic carbocycles. The summed E-state index contributed by atoms with van der Waals surface area (Å²) in [5, 5.41) is 7.72. The molecule has 0 unspecified atom stereocenters. The standard InChI is InChI=1S/C11H13BrN4S/c1-17-11(4-5-11)7-13-10-14-9-3-2-8(12)6-16(9)15-10/h2-3,6H,4-5,7H2,1H3,(H,13,15). The van der Waals surface area contributed by atoms with Crippen LogP contribution in [0.4, 0.5) is 5.95 Å². The van der Waals surface area contributed by atoms with Crippen LogP contribution in [0.3, 0.4) is 0 Å². The smallest absolute Gasteiger partial charge is 0.243 e. The zero-order chi connectivity index (χ0) is 11.9. The first-order valence-corrected chi connectivity index (χ1v) is 7.54. The first-order valence-electron chi connectivity index (χ1n) is 5.52. The topological polar surface area (TPSA) is 42.2 Å². The minimum absolute atomic E-state index is 0.429. The molecule has 0 spiro atoms. The number of thioether (sulfide) groups is 1. The Morgan fingerprint density at radius 3 is 3.06 bits per heavy atom. The average Bonchev–Trinajstić information content (AvgIpc) is 3.00. The van der Waals surface area contributed by atoms with Crippen molar-refractivity contribution in [2.75, 3.05) is 18.1 Å². The van der Waals surface area contributed by atoms with Crippen molar-refractivity contribution in [1.82, 2.24) is 14.6 Å². The van der Waals surface area contributed by atoms with E-state index in [1.807, 2.05) is 30.1 Å². The molecule has 1 aliphatic rings. The number of pyridine rings is 1. The van der Waals surface area contributed by atoms with Gasteiger partial charge in [0.25, 0.3) is 0 Å². The molecule has 2 aromatic heterocycles. The van der Waals surface area contributed by atoms with E-state index in [0.29, 0.717) is 10.7 Å². The third-order valence-electron chi connectivity index (χ3n) is 3.10. The van der Waals surface area contributed by atoms with Crippen LogP contribution in [0, 0.1) is 0 Å². The van der Waals surface area contributed by atoms with E-state index in [2.05, 4.69) is 37.6 Å². The number of hydrogen-bond acceptors (Lipinski definition) is 4. The van der Waals surface area contributed by atoms with Crippen LogP contribution >= 0.6 is 27.7 Å². The van der Waals surface area contributed by atoms with E-state index in [9.17, 15) is 0 Å². The maximum Gasteiger partial charge on any atom is 0.243 e. The molecule has 0 radical (unpaired) electrons. The number of rotatable bonds is 4. The highest BCUT2D eigenvalue weighted by molar-refractivity contribution is 9.10. The predicted molar refractivity (Wildman–Crippen MR) is 74.7 cm³/mol. The highest BCUT2D eigenvalue weighted by Gasteiger charge is 2.41. The minimum Gasteiger partial charge on any atom is -0.352 e. The Morgan fingerprint density at radius 1 is 1.53 bits per heavy atom. The van der Waals surface area contributed by atoms with Gasteiger partial charge in [0.2, 0.25) is 5.95 Å². The molecule has 0 saturated heterocycles. The first-order chi connectivity index (χ1) is 8.21. The van der Waals surface area contributed by atoms with Crippen LogP contribution < -0.4 is 5.32 Å². The first kappa shape index (κ1) is 11.3. The summed E-state index contributed by atoms with van der Waals surface area (Å²) in [5.74, 6) is 0.712. The molecule has 4 nitrogen and oxygen atoms in total.